The topological polar surface area (TPSA) is 27.7 Å². The molecular formula is C11H26O3S4Si. The average Bonchev–Trinajstić information content (AvgIpc) is 2.39. The minimum absolute atomic E-state index is 0.638. The molecule has 19 heavy (non-hydrogen) atoms. The predicted octanol–water partition coefficient (Wildman–Crippen LogP) is 5.40. The molecule has 0 heterocycles. The Hall–Kier alpha value is 1.50. The Labute approximate surface area is 134 Å². The quantitative estimate of drug-likeness (QED) is 0.232. The van der Waals surface area contributed by atoms with E-state index >= 15 is 0 Å². The van der Waals surface area contributed by atoms with Crippen molar-refractivity contribution in [1.29, 1.82) is 0 Å². The van der Waals surface area contributed by atoms with Gasteiger partial charge in [0.25, 0.3) is 0 Å². The maximum absolute atomic E-state index is 5.97. The van der Waals surface area contributed by atoms with Crippen LogP contribution in [0, 0.1) is 0 Å². The molecule has 0 spiro atoms. The Morgan fingerprint density at radius 1 is 0.842 bits per heavy atom. The Kier molecular flexibility index (Phi) is 15.6. The van der Waals surface area contributed by atoms with E-state index in [-0.39, 0.29) is 0 Å². The van der Waals surface area contributed by atoms with Crippen LogP contribution >= 0.6 is 40.7 Å². The number of unbranched alkanes of at least 4 members (excludes halogenated alkanes) is 1. The third kappa shape index (κ3) is 10.8. The molecule has 0 N–H and O–H groups in total. The fourth-order valence-electron chi connectivity index (χ4n) is 1.08. The average molecular weight is 363 g/mol. The summed E-state index contributed by atoms with van der Waals surface area (Å²) < 4.78 is 17.6. The molecule has 0 fully saturated rings. The van der Waals surface area contributed by atoms with E-state index in [1.165, 1.54) is 12.2 Å². The molecule has 3 nitrogen and oxygen atoms in total. The second-order valence-corrected chi connectivity index (χ2v) is 14.0. The van der Waals surface area contributed by atoms with Gasteiger partial charge >= 0.3 is 7.95 Å². The van der Waals surface area contributed by atoms with Gasteiger partial charge in [0.15, 0.2) is 0 Å². The van der Waals surface area contributed by atoms with Crippen molar-refractivity contribution < 1.29 is 13.3 Å². The molecule has 0 aromatic carbocycles. The lowest BCUT2D eigenvalue weighted by molar-refractivity contribution is 0.0913. The van der Waals surface area contributed by atoms with Crippen LogP contribution in [0.5, 0.6) is 0 Å². The zero-order chi connectivity index (χ0) is 14.4. The van der Waals surface area contributed by atoms with E-state index in [9.17, 15) is 0 Å². The summed E-state index contributed by atoms with van der Waals surface area (Å²) in [5.41, 5.74) is 0. The molecule has 0 aromatic heterocycles. The number of rotatable bonds is 14. The molecule has 0 aliphatic rings. The molecule has 0 bridgehead atoms. The van der Waals surface area contributed by atoms with Crippen molar-refractivity contribution in [2.24, 2.45) is 0 Å². The molecule has 0 atom stereocenters. The van der Waals surface area contributed by atoms with Gasteiger partial charge in [0, 0.05) is 25.6 Å². The summed E-state index contributed by atoms with van der Waals surface area (Å²) in [4.78, 5) is 0. The molecule has 0 aromatic rings. The Bertz CT molecular complexity index is 195. The Morgan fingerprint density at radius 2 is 1.53 bits per heavy atom. The van der Waals surface area contributed by atoms with Crippen molar-refractivity contribution in [3.8, 4) is 0 Å². The standard InChI is InChI=1S/C11H26O3S4Si/c1-5-9-10-14-19(12-7-3,13-8-4)18-17-16-15-11-6-2/h5-11H2,1-4H3. The van der Waals surface area contributed by atoms with E-state index in [2.05, 4.69) is 13.8 Å². The van der Waals surface area contributed by atoms with Gasteiger partial charge in [-0.05, 0) is 56.6 Å². The van der Waals surface area contributed by atoms with Gasteiger partial charge < -0.3 is 13.3 Å². The molecule has 0 saturated heterocycles. The summed E-state index contributed by atoms with van der Waals surface area (Å²) in [6.45, 7) is 10.3. The van der Waals surface area contributed by atoms with Crippen LogP contribution in [0.4, 0.5) is 0 Å². The van der Waals surface area contributed by atoms with Crippen LogP contribution in [0.1, 0.15) is 47.0 Å². The third-order valence-electron chi connectivity index (χ3n) is 1.92. The van der Waals surface area contributed by atoms with E-state index in [0.29, 0.717) is 13.2 Å². The van der Waals surface area contributed by atoms with Crippen LogP contribution in [-0.2, 0) is 13.3 Å². The van der Waals surface area contributed by atoms with Gasteiger partial charge in [-0.2, -0.15) is 0 Å². The molecule has 0 rings (SSSR count). The maximum Gasteiger partial charge on any atom is 0.585 e. The van der Waals surface area contributed by atoms with Crippen molar-refractivity contribution >= 4 is 48.6 Å². The first-order chi connectivity index (χ1) is 9.24. The van der Waals surface area contributed by atoms with Crippen LogP contribution in [-0.4, -0.2) is 33.5 Å². The minimum atomic E-state index is -2.55. The Balaban J connectivity index is 4.18. The fourth-order valence-corrected chi connectivity index (χ4v) is 15.1. The SMILES string of the molecule is CCCCO[Si](OCC)(OCC)SSSSCCC. The summed E-state index contributed by atoms with van der Waals surface area (Å²) in [5, 5.41) is 0. The molecule has 0 unspecified atom stereocenters. The summed E-state index contributed by atoms with van der Waals surface area (Å²) in [7, 11) is 4.48. The van der Waals surface area contributed by atoms with Crippen molar-refractivity contribution in [3.05, 3.63) is 0 Å². The van der Waals surface area contributed by atoms with Crippen LogP contribution in [0.2, 0.25) is 0 Å². The van der Waals surface area contributed by atoms with Crippen molar-refractivity contribution in [2.75, 3.05) is 25.6 Å². The number of hydrogen-bond acceptors (Lipinski definition) is 7. The highest BCUT2D eigenvalue weighted by atomic mass is 33.7. The lowest BCUT2D eigenvalue weighted by atomic mass is 10.4. The highest BCUT2D eigenvalue weighted by molar-refractivity contribution is 9.28. The van der Waals surface area contributed by atoms with E-state index < -0.39 is 7.95 Å². The van der Waals surface area contributed by atoms with E-state index in [0.717, 1.165) is 19.4 Å². The first kappa shape index (κ1) is 20.5. The molecule has 116 valence electrons. The van der Waals surface area contributed by atoms with Gasteiger partial charge in [-0.25, -0.2) is 0 Å². The van der Waals surface area contributed by atoms with Gasteiger partial charge in [0.2, 0.25) is 0 Å². The fraction of sp³-hybridized carbons (Fsp3) is 1.00. The summed E-state index contributed by atoms with van der Waals surface area (Å²) in [6.07, 6.45) is 3.38. The Morgan fingerprint density at radius 3 is 2.05 bits per heavy atom. The highest BCUT2D eigenvalue weighted by Gasteiger charge is 2.43. The second-order valence-electron chi connectivity index (χ2n) is 3.61. The molecule has 0 radical (unpaired) electrons. The second kappa shape index (κ2) is 14.4. The van der Waals surface area contributed by atoms with Gasteiger partial charge in [0.1, 0.15) is 0 Å². The van der Waals surface area contributed by atoms with Crippen LogP contribution < -0.4 is 0 Å². The van der Waals surface area contributed by atoms with Crippen molar-refractivity contribution in [1.82, 2.24) is 0 Å². The predicted molar refractivity (Wildman–Crippen MR) is 95.4 cm³/mol. The summed E-state index contributed by atoms with van der Waals surface area (Å²) >= 11 is 0. The maximum atomic E-state index is 5.97. The first-order valence-electron chi connectivity index (χ1n) is 6.80. The molecule has 0 amide bonds. The molecule has 0 aliphatic carbocycles. The van der Waals surface area contributed by atoms with Crippen molar-refractivity contribution in [2.45, 2.75) is 47.0 Å². The molecule has 0 aliphatic heterocycles. The monoisotopic (exact) mass is 362 g/mol. The molecule has 0 saturated carbocycles. The lowest BCUT2D eigenvalue weighted by Crippen LogP contribution is -2.42. The zero-order valence-corrected chi connectivity index (χ0v) is 16.6. The van der Waals surface area contributed by atoms with Crippen LogP contribution in [0.15, 0.2) is 0 Å². The lowest BCUT2D eigenvalue weighted by Gasteiger charge is -2.26. The van der Waals surface area contributed by atoms with Gasteiger partial charge in [0.05, 0.1) is 0 Å². The van der Waals surface area contributed by atoms with Gasteiger partial charge in [-0.15, -0.1) is 0 Å². The smallest absolute Gasteiger partial charge is 0.365 e. The first-order valence-corrected chi connectivity index (χ1v) is 14.2. The number of hydrogen-bond donors (Lipinski definition) is 0. The summed E-state index contributed by atoms with van der Waals surface area (Å²) in [6, 6.07) is 0. The summed E-state index contributed by atoms with van der Waals surface area (Å²) in [5.74, 6) is 1.17. The van der Waals surface area contributed by atoms with Gasteiger partial charge in [-0.3, -0.25) is 0 Å². The van der Waals surface area contributed by atoms with Crippen molar-refractivity contribution in [3.63, 3.8) is 0 Å². The minimum Gasteiger partial charge on any atom is -0.365 e. The highest BCUT2D eigenvalue weighted by Crippen LogP contribution is 2.48. The van der Waals surface area contributed by atoms with E-state index in [4.69, 9.17) is 13.3 Å². The molecular weight excluding hydrogens is 336 g/mol. The third-order valence-corrected chi connectivity index (χ3v) is 14.7. The van der Waals surface area contributed by atoms with Crippen LogP contribution in [0.25, 0.3) is 0 Å². The normalized spacial score (nSPS) is 12.0. The largest absolute Gasteiger partial charge is 0.585 e. The molecule has 8 heteroatoms. The van der Waals surface area contributed by atoms with Gasteiger partial charge in [-0.1, -0.05) is 31.1 Å². The van der Waals surface area contributed by atoms with E-state index in [1.807, 2.05) is 24.6 Å². The van der Waals surface area contributed by atoms with Crippen LogP contribution in [0.3, 0.4) is 0 Å². The van der Waals surface area contributed by atoms with E-state index in [1.54, 1.807) is 29.9 Å². The zero-order valence-electron chi connectivity index (χ0n) is 12.3.